The van der Waals surface area contributed by atoms with Gasteiger partial charge >= 0.3 is 0 Å². The second-order valence-corrected chi connectivity index (χ2v) is 8.06. The minimum absolute atomic E-state index is 0.0459. The van der Waals surface area contributed by atoms with E-state index >= 15 is 0 Å². The van der Waals surface area contributed by atoms with E-state index in [-0.39, 0.29) is 29.8 Å². The molecule has 5 heteroatoms. The van der Waals surface area contributed by atoms with E-state index in [4.69, 9.17) is 5.73 Å². The molecule has 0 aromatic heterocycles. The number of amides is 2. The van der Waals surface area contributed by atoms with Gasteiger partial charge in [-0.3, -0.25) is 9.59 Å². The van der Waals surface area contributed by atoms with E-state index in [1.54, 1.807) is 4.90 Å². The van der Waals surface area contributed by atoms with E-state index in [1.807, 2.05) is 13.8 Å². The van der Waals surface area contributed by atoms with Crippen LogP contribution in [0.1, 0.15) is 58.8 Å². The minimum atomic E-state index is -0.263. The summed E-state index contributed by atoms with van der Waals surface area (Å²) in [6, 6.07) is 0.304. The molecule has 0 aromatic carbocycles. The molecule has 5 nitrogen and oxygen atoms in total. The van der Waals surface area contributed by atoms with Crippen molar-refractivity contribution in [3.63, 3.8) is 0 Å². The highest BCUT2D eigenvalue weighted by Crippen LogP contribution is 2.39. The number of carbonyl (C=O) groups is 2. The lowest BCUT2D eigenvalue weighted by Crippen LogP contribution is -2.57. The molecule has 1 heterocycles. The molecular formula is C18H31N3O2. The first-order chi connectivity index (χ1) is 11.0. The van der Waals surface area contributed by atoms with Crippen molar-refractivity contribution in [2.75, 3.05) is 6.54 Å². The first-order valence-corrected chi connectivity index (χ1v) is 9.33. The maximum atomic E-state index is 12.8. The third kappa shape index (κ3) is 3.39. The van der Waals surface area contributed by atoms with Crippen molar-refractivity contribution < 1.29 is 9.59 Å². The topological polar surface area (TPSA) is 75.4 Å². The van der Waals surface area contributed by atoms with E-state index in [0.717, 1.165) is 32.2 Å². The van der Waals surface area contributed by atoms with Crippen molar-refractivity contribution >= 4 is 11.8 Å². The zero-order valence-electron chi connectivity index (χ0n) is 14.5. The number of nitrogens with zero attached hydrogens (tertiary/aromatic N) is 1. The van der Waals surface area contributed by atoms with Crippen LogP contribution in [0.25, 0.3) is 0 Å². The van der Waals surface area contributed by atoms with E-state index in [1.165, 1.54) is 19.3 Å². The summed E-state index contributed by atoms with van der Waals surface area (Å²) >= 11 is 0. The molecule has 23 heavy (non-hydrogen) atoms. The number of likely N-dealkylation sites (tertiary alicyclic amines) is 1. The molecule has 1 saturated heterocycles. The fourth-order valence-corrected chi connectivity index (χ4v) is 4.92. The molecule has 3 atom stereocenters. The van der Waals surface area contributed by atoms with Crippen LogP contribution in [0, 0.1) is 17.8 Å². The summed E-state index contributed by atoms with van der Waals surface area (Å²) < 4.78 is 0. The first kappa shape index (κ1) is 16.7. The smallest absolute Gasteiger partial charge is 0.243 e. The lowest BCUT2D eigenvalue weighted by atomic mass is 9.67. The summed E-state index contributed by atoms with van der Waals surface area (Å²) in [5, 5.41) is 3.32. The molecule has 3 unspecified atom stereocenters. The molecule has 2 saturated carbocycles. The molecule has 0 radical (unpaired) electrons. The second-order valence-electron chi connectivity index (χ2n) is 8.06. The van der Waals surface area contributed by atoms with Crippen LogP contribution in [-0.2, 0) is 9.59 Å². The van der Waals surface area contributed by atoms with Gasteiger partial charge in [-0.15, -0.1) is 0 Å². The molecular weight excluding hydrogens is 290 g/mol. The van der Waals surface area contributed by atoms with Gasteiger partial charge in [0.15, 0.2) is 0 Å². The normalized spacial score (nSPS) is 37.0. The summed E-state index contributed by atoms with van der Waals surface area (Å²) in [5.41, 5.74) is 6.17. The monoisotopic (exact) mass is 321 g/mol. The Kier molecular flexibility index (Phi) is 4.95. The average Bonchev–Trinajstić information content (AvgIpc) is 2.96. The molecule has 0 spiro atoms. The largest absolute Gasteiger partial charge is 0.351 e. The second kappa shape index (κ2) is 6.80. The van der Waals surface area contributed by atoms with Gasteiger partial charge in [0.2, 0.25) is 11.8 Å². The predicted octanol–water partition coefficient (Wildman–Crippen LogP) is 1.66. The van der Waals surface area contributed by atoms with Crippen LogP contribution in [0.15, 0.2) is 0 Å². The van der Waals surface area contributed by atoms with Gasteiger partial charge in [0.25, 0.3) is 0 Å². The maximum Gasteiger partial charge on any atom is 0.243 e. The van der Waals surface area contributed by atoms with Gasteiger partial charge in [0.1, 0.15) is 6.04 Å². The van der Waals surface area contributed by atoms with Gasteiger partial charge in [-0.1, -0.05) is 20.3 Å². The highest BCUT2D eigenvalue weighted by molar-refractivity contribution is 5.89. The molecule has 2 bridgehead atoms. The van der Waals surface area contributed by atoms with Gasteiger partial charge in [-0.05, 0) is 50.4 Å². The molecule has 3 rings (SSSR count). The fourth-order valence-electron chi connectivity index (χ4n) is 4.92. The Balaban J connectivity index is 1.65. The Morgan fingerprint density at radius 2 is 1.74 bits per heavy atom. The fraction of sp³-hybridized carbons (Fsp3) is 0.889. The third-order valence-corrected chi connectivity index (χ3v) is 6.02. The van der Waals surface area contributed by atoms with Crippen molar-refractivity contribution in [2.24, 2.45) is 23.5 Å². The van der Waals surface area contributed by atoms with E-state index < -0.39 is 0 Å². The van der Waals surface area contributed by atoms with E-state index in [0.29, 0.717) is 17.9 Å². The van der Waals surface area contributed by atoms with Crippen molar-refractivity contribution in [1.82, 2.24) is 10.2 Å². The predicted molar refractivity (Wildman–Crippen MR) is 89.5 cm³/mol. The number of hydrogen-bond donors (Lipinski definition) is 2. The van der Waals surface area contributed by atoms with Crippen LogP contribution in [0.3, 0.4) is 0 Å². The van der Waals surface area contributed by atoms with Crippen LogP contribution in [0.2, 0.25) is 0 Å². The molecule has 3 fully saturated rings. The molecule has 2 amide bonds. The standard InChI is InChI=1S/C18H31N3O2/c1-11(2)18(23)21-8-4-7-15(21)17(22)20-16-12-5-3-6-13(16)10-14(19)9-12/h11-16H,3-10,19H2,1-2H3,(H,20,22). The molecule has 3 aliphatic rings. The number of fused-ring (bicyclic) bond motifs is 2. The van der Waals surface area contributed by atoms with Crippen molar-refractivity contribution in [3.05, 3.63) is 0 Å². The van der Waals surface area contributed by atoms with Gasteiger partial charge < -0.3 is 16.0 Å². The van der Waals surface area contributed by atoms with Gasteiger partial charge in [-0.2, -0.15) is 0 Å². The molecule has 1 aliphatic heterocycles. The Bertz CT molecular complexity index is 451. The number of carbonyl (C=O) groups excluding carboxylic acids is 2. The number of hydrogen-bond acceptors (Lipinski definition) is 3. The lowest BCUT2D eigenvalue weighted by Gasteiger charge is -2.45. The zero-order chi connectivity index (χ0) is 16.6. The SMILES string of the molecule is CC(C)C(=O)N1CCCC1C(=O)NC1C2CCCC1CC(N)C2. The summed E-state index contributed by atoms with van der Waals surface area (Å²) in [5.74, 6) is 1.17. The number of nitrogens with one attached hydrogen (secondary N) is 1. The van der Waals surface area contributed by atoms with Crippen LogP contribution < -0.4 is 11.1 Å². The molecule has 0 aromatic rings. The third-order valence-electron chi connectivity index (χ3n) is 6.02. The minimum Gasteiger partial charge on any atom is -0.351 e. The van der Waals surface area contributed by atoms with Crippen molar-refractivity contribution in [3.8, 4) is 0 Å². The Labute approximate surface area is 139 Å². The summed E-state index contributed by atoms with van der Waals surface area (Å²) in [6.45, 7) is 4.53. The van der Waals surface area contributed by atoms with Gasteiger partial charge in [0, 0.05) is 24.5 Å². The number of rotatable bonds is 3. The van der Waals surface area contributed by atoms with Crippen LogP contribution in [0.5, 0.6) is 0 Å². The quantitative estimate of drug-likeness (QED) is 0.830. The highest BCUT2D eigenvalue weighted by atomic mass is 16.2. The summed E-state index contributed by atoms with van der Waals surface area (Å²) in [4.78, 5) is 26.9. The zero-order valence-corrected chi connectivity index (χ0v) is 14.5. The van der Waals surface area contributed by atoms with Crippen LogP contribution in [0.4, 0.5) is 0 Å². The molecule has 2 aliphatic carbocycles. The molecule has 3 N–H and O–H groups in total. The highest BCUT2D eigenvalue weighted by Gasteiger charge is 2.42. The van der Waals surface area contributed by atoms with Crippen LogP contribution in [-0.4, -0.2) is 41.4 Å². The average molecular weight is 321 g/mol. The summed E-state index contributed by atoms with van der Waals surface area (Å²) in [6.07, 6.45) is 7.39. The molecule has 130 valence electrons. The van der Waals surface area contributed by atoms with Gasteiger partial charge in [-0.25, -0.2) is 0 Å². The first-order valence-electron chi connectivity index (χ1n) is 9.33. The van der Waals surface area contributed by atoms with Crippen molar-refractivity contribution in [2.45, 2.75) is 76.9 Å². The van der Waals surface area contributed by atoms with Gasteiger partial charge in [0.05, 0.1) is 0 Å². The Morgan fingerprint density at radius 3 is 2.35 bits per heavy atom. The lowest BCUT2D eigenvalue weighted by molar-refractivity contribution is -0.141. The summed E-state index contributed by atoms with van der Waals surface area (Å²) in [7, 11) is 0. The van der Waals surface area contributed by atoms with Crippen molar-refractivity contribution in [1.29, 1.82) is 0 Å². The van der Waals surface area contributed by atoms with Crippen LogP contribution >= 0.6 is 0 Å². The van der Waals surface area contributed by atoms with E-state index in [9.17, 15) is 9.59 Å². The number of nitrogens with two attached hydrogens (primary N) is 1. The Hall–Kier alpha value is -1.10. The maximum absolute atomic E-state index is 12.8. The Morgan fingerprint density at radius 1 is 1.09 bits per heavy atom. The van der Waals surface area contributed by atoms with E-state index in [2.05, 4.69) is 5.32 Å².